The predicted octanol–water partition coefficient (Wildman–Crippen LogP) is 4.00. The Morgan fingerprint density at radius 3 is 2.21 bits per heavy atom. The maximum Gasteiger partial charge on any atom is 0.178 e. The molecule has 0 fully saturated rings. The van der Waals surface area contributed by atoms with Crippen molar-refractivity contribution in [3.05, 3.63) is 59.9 Å². The van der Waals surface area contributed by atoms with Gasteiger partial charge in [-0.2, -0.15) is 0 Å². The van der Waals surface area contributed by atoms with E-state index in [1.807, 2.05) is 0 Å². The van der Waals surface area contributed by atoms with Crippen molar-refractivity contribution in [3.8, 4) is 22.4 Å². The van der Waals surface area contributed by atoms with Gasteiger partial charge in [0.25, 0.3) is 0 Å². The fourth-order valence-electron chi connectivity index (χ4n) is 2.47. The minimum Gasteiger partial charge on any atom is -0.360 e. The van der Waals surface area contributed by atoms with Crippen LogP contribution in [-0.4, -0.2) is 19.8 Å². The van der Waals surface area contributed by atoms with Crippen molar-refractivity contribution in [2.75, 3.05) is 6.26 Å². The third-order valence-corrected chi connectivity index (χ3v) is 4.73. The molecule has 0 N–H and O–H groups in total. The van der Waals surface area contributed by atoms with E-state index in [0.29, 0.717) is 28.1 Å². The summed E-state index contributed by atoms with van der Waals surface area (Å²) in [6.45, 7) is 1.66. The Hall–Kier alpha value is -2.54. The first-order valence-corrected chi connectivity index (χ1v) is 8.88. The quantitative estimate of drug-likeness (QED) is 0.717. The van der Waals surface area contributed by atoms with Gasteiger partial charge in [-0.1, -0.05) is 11.2 Å². The molecule has 124 valence electrons. The molecule has 0 aliphatic carbocycles. The van der Waals surface area contributed by atoms with E-state index < -0.39 is 15.7 Å². The van der Waals surface area contributed by atoms with Gasteiger partial charge in [0.2, 0.25) is 0 Å². The van der Waals surface area contributed by atoms with E-state index in [9.17, 15) is 17.2 Å². The van der Waals surface area contributed by atoms with E-state index in [4.69, 9.17) is 4.52 Å². The van der Waals surface area contributed by atoms with Gasteiger partial charge in [-0.3, -0.25) is 0 Å². The Balaban J connectivity index is 2.16. The summed E-state index contributed by atoms with van der Waals surface area (Å²) < 4.78 is 55.5. The fourth-order valence-corrected chi connectivity index (χ4v) is 3.20. The second kappa shape index (κ2) is 5.83. The molecule has 0 radical (unpaired) electrons. The largest absolute Gasteiger partial charge is 0.360 e. The van der Waals surface area contributed by atoms with Crippen LogP contribution < -0.4 is 0 Å². The molecule has 7 heteroatoms. The van der Waals surface area contributed by atoms with Crippen molar-refractivity contribution in [1.82, 2.24) is 5.16 Å². The summed E-state index contributed by atoms with van der Waals surface area (Å²) in [6.07, 6.45) is 0.944. The smallest absolute Gasteiger partial charge is 0.178 e. The summed E-state index contributed by atoms with van der Waals surface area (Å²) in [5.41, 5.74) is 1.99. The van der Waals surface area contributed by atoms with Gasteiger partial charge in [0, 0.05) is 11.8 Å². The van der Waals surface area contributed by atoms with Crippen LogP contribution in [0.25, 0.3) is 22.4 Å². The summed E-state index contributed by atoms with van der Waals surface area (Å²) in [7, 11) is -3.65. The highest BCUT2D eigenvalue weighted by Gasteiger charge is 2.20. The lowest BCUT2D eigenvalue weighted by Crippen LogP contribution is -2.00. The Morgan fingerprint density at radius 2 is 1.62 bits per heavy atom. The molecule has 2 aromatic carbocycles. The molecule has 4 nitrogen and oxygen atoms in total. The summed E-state index contributed by atoms with van der Waals surface area (Å²) in [4.78, 5) is -0.372. The first-order valence-electron chi connectivity index (χ1n) is 6.99. The SMILES string of the molecule is Cc1onc(-c2ccc(F)cc2)c1-c1ccc(S(C)(=O)=O)c(F)c1. The lowest BCUT2D eigenvalue weighted by atomic mass is 9.99. The molecule has 0 unspecified atom stereocenters. The molecule has 0 saturated heterocycles. The van der Waals surface area contributed by atoms with Crippen molar-refractivity contribution >= 4 is 9.84 Å². The number of rotatable bonds is 3. The zero-order chi connectivity index (χ0) is 17.5. The number of aromatic nitrogens is 1. The van der Waals surface area contributed by atoms with Crippen LogP contribution in [-0.2, 0) is 9.84 Å². The van der Waals surface area contributed by atoms with E-state index in [0.717, 1.165) is 12.3 Å². The minimum atomic E-state index is -3.65. The standard InChI is InChI=1S/C17H13F2NO3S/c1-10-16(12-5-8-15(14(19)9-12)24(2,21)22)17(20-23-10)11-3-6-13(18)7-4-11/h3-9H,1-2H3. The average Bonchev–Trinajstić information content (AvgIpc) is 2.88. The number of sulfone groups is 1. The molecule has 0 atom stereocenters. The van der Waals surface area contributed by atoms with Crippen LogP contribution in [0.15, 0.2) is 51.9 Å². The van der Waals surface area contributed by atoms with Crippen molar-refractivity contribution in [2.24, 2.45) is 0 Å². The van der Waals surface area contributed by atoms with Crippen LogP contribution in [0.5, 0.6) is 0 Å². The highest BCUT2D eigenvalue weighted by Crippen LogP contribution is 2.35. The van der Waals surface area contributed by atoms with Crippen LogP contribution in [0.1, 0.15) is 5.76 Å². The van der Waals surface area contributed by atoms with Crippen LogP contribution in [0.2, 0.25) is 0 Å². The van der Waals surface area contributed by atoms with E-state index in [-0.39, 0.29) is 10.7 Å². The lowest BCUT2D eigenvalue weighted by Gasteiger charge is -2.06. The molecule has 0 amide bonds. The van der Waals surface area contributed by atoms with E-state index in [1.165, 1.54) is 36.4 Å². The molecule has 1 heterocycles. The summed E-state index contributed by atoms with van der Waals surface area (Å²) >= 11 is 0. The Bertz CT molecular complexity index is 1010. The van der Waals surface area contributed by atoms with Crippen molar-refractivity contribution in [3.63, 3.8) is 0 Å². The van der Waals surface area contributed by atoms with Gasteiger partial charge in [0.1, 0.15) is 28.0 Å². The highest BCUT2D eigenvalue weighted by molar-refractivity contribution is 7.90. The predicted molar refractivity (Wildman–Crippen MR) is 85.1 cm³/mol. The van der Waals surface area contributed by atoms with Gasteiger partial charge in [0.15, 0.2) is 9.84 Å². The Kier molecular flexibility index (Phi) is 3.96. The number of hydrogen-bond donors (Lipinski definition) is 0. The topological polar surface area (TPSA) is 60.2 Å². The van der Waals surface area contributed by atoms with E-state index >= 15 is 0 Å². The first-order chi connectivity index (χ1) is 11.3. The average molecular weight is 349 g/mol. The lowest BCUT2D eigenvalue weighted by molar-refractivity contribution is 0.400. The number of benzene rings is 2. The molecule has 3 rings (SSSR count). The van der Waals surface area contributed by atoms with Crippen LogP contribution in [0.3, 0.4) is 0 Å². The van der Waals surface area contributed by atoms with Gasteiger partial charge in [-0.15, -0.1) is 0 Å². The second-order valence-corrected chi connectivity index (χ2v) is 7.37. The van der Waals surface area contributed by atoms with E-state index in [2.05, 4.69) is 5.16 Å². The van der Waals surface area contributed by atoms with Gasteiger partial charge < -0.3 is 4.52 Å². The summed E-state index contributed by atoms with van der Waals surface area (Å²) in [5.74, 6) is -0.787. The van der Waals surface area contributed by atoms with Crippen molar-refractivity contribution in [2.45, 2.75) is 11.8 Å². The van der Waals surface area contributed by atoms with Crippen LogP contribution >= 0.6 is 0 Å². The van der Waals surface area contributed by atoms with Crippen molar-refractivity contribution < 1.29 is 21.7 Å². The molecule has 0 aliphatic rings. The number of aryl methyl sites for hydroxylation is 1. The van der Waals surface area contributed by atoms with Crippen molar-refractivity contribution in [1.29, 1.82) is 0 Å². The molecular formula is C17H13F2NO3S. The molecule has 0 bridgehead atoms. The minimum absolute atomic E-state index is 0.372. The highest BCUT2D eigenvalue weighted by atomic mass is 32.2. The Labute approximate surface area is 137 Å². The van der Waals surface area contributed by atoms with E-state index in [1.54, 1.807) is 6.92 Å². The Morgan fingerprint density at radius 1 is 1.00 bits per heavy atom. The third kappa shape index (κ3) is 2.94. The van der Waals surface area contributed by atoms with Gasteiger partial charge in [0.05, 0.1) is 5.56 Å². The zero-order valence-corrected chi connectivity index (χ0v) is 13.7. The molecule has 0 saturated carbocycles. The monoisotopic (exact) mass is 349 g/mol. The second-order valence-electron chi connectivity index (χ2n) is 5.39. The third-order valence-electron chi connectivity index (χ3n) is 3.60. The maximum atomic E-state index is 14.2. The molecule has 3 aromatic rings. The van der Waals surface area contributed by atoms with Crippen LogP contribution in [0, 0.1) is 18.6 Å². The normalized spacial score (nSPS) is 11.7. The molecular weight excluding hydrogens is 336 g/mol. The number of nitrogens with zero attached hydrogens (tertiary/aromatic N) is 1. The molecule has 1 aromatic heterocycles. The van der Waals surface area contributed by atoms with Gasteiger partial charge in [-0.05, 0) is 48.9 Å². The fraction of sp³-hybridized carbons (Fsp3) is 0.118. The van der Waals surface area contributed by atoms with Crippen LogP contribution in [0.4, 0.5) is 8.78 Å². The summed E-state index contributed by atoms with van der Waals surface area (Å²) in [5, 5.41) is 3.95. The van der Waals surface area contributed by atoms with Gasteiger partial charge in [-0.25, -0.2) is 17.2 Å². The molecule has 24 heavy (non-hydrogen) atoms. The number of hydrogen-bond acceptors (Lipinski definition) is 4. The van der Waals surface area contributed by atoms with Gasteiger partial charge >= 0.3 is 0 Å². The molecule has 0 spiro atoms. The summed E-state index contributed by atoms with van der Waals surface area (Å²) in [6, 6.07) is 9.48. The molecule has 0 aliphatic heterocycles. The number of halogens is 2. The zero-order valence-electron chi connectivity index (χ0n) is 12.9. The maximum absolute atomic E-state index is 14.2. The first kappa shape index (κ1) is 16.3.